The Morgan fingerprint density at radius 2 is 1.56 bits per heavy atom. The molecule has 0 spiro atoms. The van der Waals surface area contributed by atoms with Gasteiger partial charge in [-0.15, -0.1) is 0 Å². The lowest BCUT2D eigenvalue weighted by Gasteiger charge is -2.30. The van der Waals surface area contributed by atoms with E-state index in [2.05, 4.69) is 10.6 Å². The number of hydrogen-bond acceptors (Lipinski definition) is 4. The van der Waals surface area contributed by atoms with E-state index in [4.69, 9.17) is 0 Å². The van der Waals surface area contributed by atoms with Crippen LogP contribution in [0.1, 0.15) is 23.2 Å². The van der Waals surface area contributed by atoms with Crippen LogP contribution in [0.3, 0.4) is 0 Å². The minimum Gasteiger partial charge on any atom is -0.354 e. The Hall–Kier alpha value is -2.92. The number of carbonyl (C=O) groups is 2. The maximum Gasteiger partial charge on any atom is 0.254 e. The first kappa shape index (κ1) is 23.7. The summed E-state index contributed by atoms with van der Waals surface area (Å²) in [5, 5.41) is 5.18. The number of rotatable bonds is 7. The third kappa shape index (κ3) is 5.46. The second-order valence-electron chi connectivity index (χ2n) is 7.28. The first-order valence-electron chi connectivity index (χ1n) is 9.96. The third-order valence-electron chi connectivity index (χ3n) is 5.18. The molecule has 0 unspecified atom stereocenters. The zero-order chi connectivity index (χ0) is 23.3. The van der Waals surface area contributed by atoms with Gasteiger partial charge in [0.05, 0.1) is 10.5 Å². The minimum absolute atomic E-state index is 0.0590. The van der Waals surface area contributed by atoms with Crippen LogP contribution in [0.2, 0.25) is 0 Å². The molecule has 1 fully saturated rings. The fraction of sp³-hybridized carbons (Fsp3) is 0.333. The quantitative estimate of drug-likeness (QED) is 0.607. The molecule has 0 aromatic heterocycles. The molecule has 3 rings (SSSR count). The fourth-order valence-corrected chi connectivity index (χ4v) is 4.87. The van der Waals surface area contributed by atoms with Crippen molar-refractivity contribution in [2.45, 2.75) is 17.7 Å². The topological polar surface area (TPSA) is 95.6 Å². The number of carbonyl (C=O) groups excluding carboxylic acids is 2. The van der Waals surface area contributed by atoms with Crippen LogP contribution in [0.5, 0.6) is 0 Å². The highest BCUT2D eigenvalue weighted by atomic mass is 32.2. The largest absolute Gasteiger partial charge is 0.354 e. The summed E-state index contributed by atoms with van der Waals surface area (Å²) in [6.07, 6.45) is 0.520. The lowest BCUT2D eigenvalue weighted by molar-refractivity contribution is -0.126. The molecule has 0 bridgehead atoms. The summed E-state index contributed by atoms with van der Waals surface area (Å²) in [5.74, 6) is -4.32. The van der Waals surface area contributed by atoms with Crippen LogP contribution >= 0.6 is 0 Å². The second-order valence-corrected chi connectivity index (χ2v) is 9.22. The van der Waals surface area contributed by atoms with Gasteiger partial charge in [0.25, 0.3) is 5.91 Å². The molecule has 1 aliphatic rings. The van der Waals surface area contributed by atoms with Crippen molar-refractivity contribution in [1.29, 1.82) is 0 Å². The van der Waals surface area contributed by atoms with Crippen molar-refractivity contribution in [3.63, 3.8) is 0 Å². The summed E-state index contributed by atoms with van der Waals surface area (Å²) in [5.41, 5.74) is -0.0894. The highest BCUT2D eigenvalue weighted by molar-refractivity contribution is 7.89. The minimum atomic E-state index is -3.99. The van der Waals surface area contributed by atoms with Gasteiger partial charge in [0, 0.05) is 32.1 Å². The molecular weight excluding hydrogens is 447 g/mol. The van der Waals surface area contributed by atoms with E-state index >= 15 is 0 Å². The lowest BCUT2D eigenvalue weighted by Crippen LogP contribution is -2.44. The molecule has 1 saturated heterocycles. The van der Waals surface area contributed by atoms with Crippen LogP contribution < -0.4 is 10.6 Å². The van der Waals surface area contributed by atoms with Gasteiger partial charge in [-0.05, 0) is 43.2 Å². The summed E-state index contributed by atoms with van der Waals surface area (Å²) < 4.78 is 66.4. The van der Waals surface area contributed by atoms with Crippen molar-refractivity contribution in [2.75, 3.05) is 26.2 Å². The molecule has 1 heterocycles. The number of nitrogens with zero attached hydrogens (tertiary/aromatic N) is 1. The molecule has 11 heteroatoms. The van der Waals surface area contributed by atoms with E-state index in [-0.39, 0.29) is 55.4 Å². The SMILES string of the molecule is O=C(NCCNC(=O)C1CCN(S(=O)(=O)c2ccc(F)c(F)c2)CC1)c1ccccc1F. The molecule has 0 radical (unpaired) electrons. The number of amides is 2. The van der Waals surface area contributed by atoms with Crippen LogP contribution in [0.15, 0.2) is 47.4 Å². The van der Waals surface area contributed by atoms with Crippen LogP contribution in [-0.4, -0.2) is 50.7 Å². The molecule has 2 aromatic carbocycles. The van der Waals surface area contributed by atoms with E-state index in [1.807, 2.05) is 0 Å². The van der Waals surface area contributed by atoms with Gasteiger partial charge in [0.15, 0.2) is 11.6 Å². The van der Waals surface area contributed by atoms with Crippen molar-refractivity contribution < 1.29 is 31.2 Å². The van der Waals surface area contributed by atoms with Crippen LogP contribution in [0.4, 0.5) is 13.2 Å². The number of hydrogen-bond donors (Lipinski definition) is 2. The van der Waals surface area contributed by atoms with E-state index in [0.717, 1.165) is 16.4 Å². The molecule has 0 saturated carbocycles. The van der Waals surface area contributed by atoms with Crippen molar-refractivity contribution in [2.24, 2.45) is 5.92 Å². The van der Waals surface area contributed by atoms with Gasteiger partial charge in [0.1, 0.15) is 5.82 Å². The first-order chi connectivity index (χ1) is 15.2. The van der Waals surface area contributed by atoms with E-state index in [0.29, 0.717) is 6.07 Å². The molecule has 172 valence electrons. The predicted octanol–water partition coefficient (Wildman–Crippen LogP) is 2.05. The number of piperidine rings is 1. The molecule has 2 N–H and O–H groups in total. The third-order valence-corrected chi connectivity index (χ3v) is 7.08. The number of benzene rings is 2. The predicted molar refractivity (Wildman–Crippen MR) is 110 cm³/mol. The van der Waals surface area contributed by atoms with Gasteiger partial charge in [-0.25, -0.2) is 21.6 Å². The average Bonchev–Trinajstić information content (AvgIpc) is 2.78. The van der Waals surface area contributed by atoms with E-state index in [1.54, 1.807) is 6.07 Å². The average molecular weight is 469 g/mol. The number of halogens is 3. The summed E-state index contributed by atoms with van der Waals surface area (Å²) in [7, 11) is -3.99. The Balaban J connectivity index is 1.44. The van der Waals surface area contributed by atoms with E-state index in [1.165, 1.54) is 18.2 Å². The normalized spacial score (nSPS) is 15.3. The van der Waals surface area contributed by atoms with Crippen molar-refractivity contribution in [3.8, 4) is 0 Å². The zero-order valence-corrected chi connectivity index (χ0v) is 17.8. The van der Waals surface area contributed by atoms with Crippen LogP contribution in [0, 0.1) is 23.4 Å². The Kier molecular flexibility index (Phi) is 7.52. The van der Waals surface area contributed by atoms with Crippen LogP contribution in [-0.2, 0) is 14.8 Å². The Morgan fingerprint density at radius 1 is 0.906 bits per heavy atom. The molecule has 32 heavy (non-hydrogen) atoms. The second kappa shape index (κ2) is 10.1. The summed E-state index contributed by atoms with van der Waals surface area (Å²) in [6, 6.07) is 7.94. The highest BCUT2D eigenvalue weighted by Gasteiger charge is 2.32. The summed E-state index contributed by atoms with van der Waals surface area (Å²) >= 11 is 0. The molecular formula is C21H22F3N3O4S. The van der Waals surface area contributed by atoms with Gasteiger partial charge in [-0.3, -0.25) is 9.59 Å². The fourth-order valence-electron chi connectivity index (χ4n) is 3.39. The first-order valence-corrected chi connectivity index (χ1v) is 11.4. The summed E-state index contributed by atoms with van der Waals surface area (Å²) in [6.45, 7) is 0.349. The van der Waals surface area contributed by atoms with Crippen LogP contribution in [0.25, 0.3) is 0 Å². The zero-order valence-electron chi connectivity index (χ0n) is 17.0. The molecule has 2 aromatic rings. The maximum atomic E-state index is 13.6. The molecule has 0 atom stereocenters. The van der Waals surface area contributed by atoms with Gasteiger partial charge < -0.3 is 10.6 Å². The van der Waals surface area contributed by atoms with Gasteiger partial charge in [0.2, 0.25) is 15.9 Å². The van der Waals surface area contributed by atoms with Crippen molar-refractivity contribution in [3.05, 3.63) is 65.5 Å². The number of sulfonamides is 1. The Morgan fingerprint density at radius 3 is 2.22 bits per heavy atom. The Labute approximate surface area is 183 Å². The monoisotopic (exact) mass is 469 g/mol. The van der Waals surface area contributed by atoms with Gasteiger partial charge in [-0.1, -0.05) is 12.1 Å². The smallest absolute Gasteiger partial charge is 0.254 e. The molecule has 2 amide bonds. The molecule has 1 aliphatic heterocycles. The number of nitrogens with one attached hydrogen (secondary N) is 2. The van der Waals surface area contributed by atoms with Crippen molar-refractivity contribution >= 4 is 21.8 Å². The standard InChI is InChI=1S/C21H22F3N3O4S/c22-17-4-2-1-3-16(17)21(29)26-10-9-25-20(28)14-7-11-27(12-8-14)32(30,31)15-5-6-18(23)19(24)13-15/h1-6,13-14H,7-12H2,(H,25,28)(H,26,29). The molecule has 7 nitrogen and oxygen atoms in total. The van der Waals surface area contributed by atoms with E-state index < -0.39 is 39.3 Å². The highest BCUT2D eigenvalue weighted by Crippen LogP contribution is 2.25. The molecule has 0 aliphatic carbocycles. The lowest BCUT2D eigenvalue weighted by atomic mass is 9.97. The van der Waals surface area contributed by atoms with Crippen molar-refractivity contribution in [1.82, 2.24) is 14.9 Å². The summed E-state index contributed by atoms with van der Waals surface area (Å²) in [4.78, 5) is 23.9. The van der Waals surface area contributed by atoms with E-state index in [9.17, 15) is 31.2 Å². The van der Waals surface area contributed by atoms with Gasteiger partial charge >= 0.3 is 0 Å². The maximum absolute atomic E-state index is 13.6. The van der Waals surface area contributed by atoms with Gasteiger partial charge in [-0.2, -0.15) is 4.31 Å². The Bertz CT molecular complexity index is 1100.